The minimum Gasteiger partial charge on any atom is -0.346 e. The SMILES string of the molecule is Cl.NCC(=O)NCC(=O)N1CCC(c2ccccc2)CC1. The standard InChI is InChI=1S/C15H21N3O2.ClH/c16-10-14(19)17-11-15(20)18-8-6-13(7-9-18)12-4-2-1-3-5-12;/h1-5,13H,6-11,16H2,(H,17,19);1H. The van der Waals surface area contributed by atoms with E-state index in [-0.39, 0.29) is 37.3 Å². The number of nitrogens with one attached hydrogen (secondary N) is 1. The molecule has 0 atom stereocenters. The van der Waals surface area contributed by atoms with Gasteiger partial charge in [-0.2, -0.15) is 0 Å². The van der Waals surface area contributed by atoms with Gasteiger partial charge in [-0.05, 0) is 24.3 Å². The molecule has 1 aromatic rings. The molecule has 0 radical (unpaired) electrons. The van der Waals surface area contributed by atoms with Crippen LogP contribution in [0.1, 0.15) is 24.3 Å². The minimum atomic E-state index is -0.294. The zero-order valence-electron chi connectivity index (χ0n) is 12.0. The van der Waals surface area contributed by atoms with Gasteiger partial charge in [0, 0.05) is 13.1 Å². The Balaban J connectivity index is 0.00000220. The third-order valence-electron chi connectivity index (χ3n) is 3.74. The molecule has 0 saturated carbocycles. The molecule has 1 fully saturated rings. The van der Waals surface area contributed by atoms with Crippen LogP contribution in [0.2, 0.25) is 0 Å². The van der Waals surface area contributed by atoms with Crippen molar-refractivity contribution in [3.63, 3.8) is 0 Å². The van der Waals surface area contributed by atoms with Crippen LogP contribution < -0.4 is 11.1 Å². The van der Waals surface area contributed by atoms with Gasteiger partial charge in [0.05, 0.1) is 13.1 Å². The highest BCUT2D eigenvalue weighted by molar-refractivity contribution is 5.85. The molecule has 2 rings (SSSR count). The molecule has 5 nitrogen and oxygen atoms in total. The predicted octanol–water partition coefficient (Wildman–Crippen LogP) is 0.889. The summed E-state index contributed by atoms with van der Waals surface area (Å²) >= 11 is 0. The van der Waals surface area contributed by atoms with Crippen LogP contribution in [0.25, 0.3) is 0 Å². The van der Waals surface area contributed by atoms with Crippen LogP contribution in [-0.2, 0) is 9.59 Å². The number of nitrogens with zero attached hydrogens (tertiary/aromatic N) is 1. The molecule has 0 aliphatic carbocycles. The summed E-state index contributed by atoms with van der Waals surface area (Å²) in [6.07, 6.45) is 1.95. The molecular formula is C15H22ClN3O2. The Labute approximate surface area is 131 Å². The average molecular weight is 312 g/mol. The Morgan fingerprint density at radius 1 is 1.19 bits per heavy atom. The van der Waals surface area contributed by atoms with E-state index in [1.807, 2.05) is 11.0 Å². The summed E-state index contributed by atoms with van der Waals surface area (Å²) in [6, 6.07) is 10.4. The molecule has 3 N–H and O–H groups in total. The van der Waals surface area contributed by atoms with Gasteiger partial charge in [0.15, 0.2) is 0 Å². The molecule has 1 aromatic carbocycles. The smallest absolute Gasteiger partial charge is 0.241 e. The van der Waals surface area contributed by atoms with E-state index in [0.717, 1.165) is 25.9 Å². The Morgan fingerprint density at radius 3 is 2.38 bits per heavy atom. The van der Waals surface area contributed by atoms with Crippen LogP contribution in [0.4, 0.5) is 0 Å². The molecule has 1 saturated heterocycles. The molecule has 0 bridgehead atoms. The van der Waals surface area contributed by atoms with Crippen LogP contribution in [0.5, 0.6) is 0 Å². The van der Waals surface area contributed by atoms with Crippen molar-refractivity contribution in [1.29, 1.82) is 0 Å². The number of rotatable bonds is 4. The molecule has 0 spiro atoms. The number of hydrogen-bond acceptors (Lipinski definition) is 3. The van der Waals surface area contributed by atoms with Gasteiger partial charge in [0.1, 0.15) is 0 Å². The second kappa shape index (κ2) is 8.64. The number of carbonyl (C=O) groups is 2. The number of likely N-dealkylation sites (tertiary alicyclic amines) is 1. The van der Waals surface area contributed by atoms with Gasteiger partial charge in [-0.15, -0.1) is 12.4 Å². The highest BCUT2D eigenvalue weighted by Gasteiger charge is 2.23. The van der Waals surface area contributed by atoms with Crippen LogP contribution >= 0.6 is 12.4 Å². The minimum absolute atomic E-state index is 0. The maximum Gasteiger partial charge on any atom is 0.241 e. The first-order valence-electron chi connectivity index (χ1n) is 7.00. The summed E-state index contributed by atoms with van der Waals surface area (Å²) in [6.45, 7) is 1.46. The molecule has 1 aliphatic rings. The van der Waals surface area contributed by atoms with E-state index in [0.29, 0.717) is 5.92 Å². The van der Waals surface area contributed by atoms with Gasteiger partial charge >= 0.3 is 0 Å². The van der Waals surface area contributed by atoms with Gasteiger partial charge in [-0.1, -0.05) is 30.3 Å². The second-order valence-electron chi connectivity index (χ2n) is 5.05. The first-order valence-corrected chi connectivity index (χ1v) is 7.00. The fraction of sp³-hybridized carbons (Fsp3) is 0.467. The van der Waals surface area contributed by atoms with Gasteiger partial charge in [-0.3, -0.25) is 9.59 Å². The van der Waals surface area contributed by atoms with Crippen LogP contribution in [0.15, 0.2) is 30.3 Å². The molecule has 0 unspecified atom stereocenters. The van der Waals surface area contributed by atoms with Crippen molar-refractivity contribution in [1.82, 2.24) is 10.2 Å². The second-order valence-corrected chi connectivity index (χ2v) is 5.05. The first kappa shape index (κ1) is 17.5. The Bertz CT molecular complexity index is 459. The highest BCUT2D eigenvalue weighted by atomic mass is 35.5. The largest absolute Gasteiger partial charge is 0.346 e. The number of piperidine rings is 1. The average Bonchev–Trinajstić information content (AvgIpc) is 2.53. The van der Waals surface area contributed by atoms with Gasteiger partial charge in [-0.25, -0.2) is 0 Å². The van der Waals surface area contributed by atoms with Crippen molar-refractivity contribution in [2.24, 2.45) is 5.73 Å². The van der Waals surface area contributed by atoms with Crippen LogP contribution in [-0.4, -0.2) is 42.9 Å². The number of nitrogens with two attached hydrogens (primary N) is 1. The van der Waals surface area contributed by atoms with E-state index < -0.39 is 0 Å². The van der Waals surface area contributed by atoms with E-state index in [9.17, 15) is 9.59 Å². The summed E-state index contributed by atoms with van der Waals surface area (Å²) in [5.41, 5.74) is 6.53. The molecule has 6 heteroatoms. The lowest BCUT2D eigenvalue weighted by Gasteiger charge is -2.32. The van der Waals surface area contributed by atoms with Crippen molar-refractivity contribution in [2.45, 2.75) is 18.8 Å². The number of carbonyl (C=O) groups excluding carboxylic acids is 2. The number of benzene rings is 1. The van der Waals surface area contributed by atoms with Gasteiger partial charge < -0.3 is 16.0 Å². The summed E-state index contributed by atoms with van der Waals surface area (Å²) in [4.78, 5) is 24.8. The van der Waals surface area contributed by atoms with Crippen LogP contribution in [0, 0.1) is 0 Å². The van der Waals surface area contributed by atoms with Crippen LogP contribution in [0.3, 0.4) is 0 Å². The monoisotopic (exact) mass is 311 g/mol. The molecule has 1 aliphatic heterocycles. The van der Waals surface area contributed by atoms with Crippen molar-refractivity contribution in [3.8, 4) is 0 Å². The number of halogens is 1. The van der Waals surface area contributed by atoms with E-state index in [1.165, 1.54) is 5.56 Å². The van der Waals surface area contributed by atoms with Gasteiger partial charge in [0.2, 0.25) is 11.8 Å². The predicted molar refractivity (Wildman–Crippen MR) is 84.3 cm³/mol. The zero-order chi connectivity index (χ0) is 14.4. The fourth-order valence-corrected chi connectivity index (χ4v) is 2.55. The Morgan fingerprint density at radius 2 is 1.81 bits per heavy atom. The van der Waals surface area contributed by atoms with Crippen molar-refractivity contribution in [3.05, 3.63) is 35.9 Å². The fourth-order valence-electron chi connectivity index (χ4n) is 2.55. The molecular weight excluding hydrogens is 290 g/mol. The molecule has 2 amide bonds. The molecule has 21 heavy (non-hydrogen) atoms. The lowest BCUT2D eigenvalue weighted by atomic mass is 9.89. The van der Waals surface area contributed by atoms with Gasteiger partial charge in [0.25, 0.3) is 0 Å². The highest BCUT2D eigenvalue weighted by Crippen LogP contribution is 2.27. The lowest BCUT2D eigenvalue weighted by Crippen LogP contribution is -2.44. The lowest BCUT2D eigenvalue weighted by molar-refractivity contribution is -0.133. The van der Waals surface area contributed by atoms with E-state index in [1.54, 1.807) is 0 Å². The molecule has 1 heterocycles. The van der Waals surface area contributed by atoms with E-state index >= 15 is 0 Å². The molecule has 0 aromatic heterocycles. The Hall–Kier alpha value is -1.59. The summed E-state index contributed by atoms with van der Waals surface area (Å²) in [5.74, 6) is 0.203. The third-order valence-corrected chi connectivity index (χ3v) is 3.74. The Kier molecular flexibility index (Phi) is 7.19. The van der Waals surface area contributed by atoms with Crippen molar-refractivity contribution < 1.29 is 9.59 Å². The first-order chi connectivity index (χ1) is 9.70. The van der Waals surface area contributed by atoms with Crippen molar-refractivity contribution in [2.75, 3.05) is 26.2 Å². The normalized spacial score (nSPS) is 15.2. The molecule has 116 valence electrons. The summed E-state index contributed by atoms with van der Waals surface area (Å²) < 4.78 is 0. The summed E-state index contributed by atoms with van der Waals surface area (Å²) in [7, 11) is 0. The number of hydrogen-bond donors (Lipinski definition) is 2. The van der Waals surface area contributed by atoms with E-state index in [4.69, 9.17) is 5.73 Å². The quantitative estimate of drug-likeness (QED) is 0.867. The third kappa shape index (κ3) is 5.02. The van der Waals surface area contributed by atoms with Crippen molar-refractivity contribution >= 4 is 24.2 Å². The maximum atomic E-state index is 11.9. The zero-order valence-corrected chi connectivity index (χ0v) is 12.8. The maximum absolute atomic E-state index is 11.9. The number of amides is 2. The summed E-state index contributed by atoms with van der Waals surface area (Å²) in [5, 5.41) is 2.52. The topological polar surface area (TPSA) is 75.4 Å². The van der Waals surface area contributed by atoms with E-state index in [2.05, 4.69) is 29.6 Å².